The van der Waals surface area contributed by atoms with Crippen LogP contribution >= 0.6 is 0 Å². The van der Waals surface area contributed by atoms with Crippen LogP contribution in [0.4, 0.5) is 14.5 Å². The van der Waals surface area contributed by atoms with Crippen LogP contribution in [0.5, 0.6) is 0 Å². The molecule has 1 saturated carbocycles. The quantitative estimate of drug-likeness (QED) is 0.829. The molecule has 0 heterocycles. The van der Waals surface area contributed by atoms with Gasteiger partial charge in [0.05, 0.1) is 18.4 Å². The number of carboxylic acids is 1. The number of carboxylic acid groups (broad SMARTS) is 1. The molecular weight excluding hydrogens is 310 g/mol. The summed E-state index contributed by atoms with van der Waals surface area (Å²) in [5.41, 5.74) is -0.573. The molecule has 1 aromatic carbocycles. The Labute approximate surface area is 131 Å². The van der Waals surface area contributed by atoms with Crippen LogP contribution in [0.3, 0.4) is 0 Å². The van der Waals surface area contributed by atoms with Crippen molar-refractivity contribution in [3.63, 3.8) is 0 Å². The molecule has 2 N–H and O–H groups in total. The van der Waals surface area contributed by atoms with Crippen molar-refractivity contribution < 1.29 is 28.3 Å². The van der Waals surface area contributed by atoms with Gasteiger partial charge in [0.25, 0.3) is 0 Å². The number of anilines is 1. The fourth-order valence-corrected chi connectivity index (χ4v) is 2.29. The minimum Gasteiger partial charge on any atom is -0.481 e. The van der Waals surface area contributed by atoms with Crippen LogP contribution in [0.1, 0.15) is 13.3 Å². The second kappa shape index (κ2) is 6.72. The molecule has 1 aromatic rings. The van der Waals surface area contributed by atoms with E-state index < -0.39 is 53.5 Å². The summed E-state index contributed by atoms with van der Waals surface area (Å²) in [4.78, 5) is 36.0. The molecule has 1 aliphatic carbocycles. The molecule has 0 saturated heterocycles. The van der Waals surface area contributed by atoms with Crippen LogP contribution in [-0.2, 0) is 14.4 Å². The van der Waals surface area contributed by atoms with Gasteiger partial charge in [-0.2, -0.15) is 0 Å². The first kappa shape index (κ1) is 16.9. The van der Waals surface area contributed by atoms with Crippen LogP contribution in [0.15, 0.2) is 18.2 Å². The monoisotopic (exact) mass is 326 g/mol. The summed E-state index contributed by atoms with van der Waals surface area (Å²) in [6, 6.07) is 3.17. The lowest BCUT2D eigenvalue weighted by molar-refractivity contribution is -0.142. The minimum absolute atomic E-state index is 0.189. The number of nitrogens with one attached hydrogen (secondary N) is 1. The summed E-state index contributed by atoms with van der Waals surface area (Å²) in [5, 5.41) is 10.9. The zero-order valence-corrected chi connectivity index (χ0v) is 12.4. The van der Waals surface area contributed by atoms with Crippen LogP contribution in [0, 0.1) is 23.5 Å². The molecule has 8 heteroatoms. The third-order valence-electron chi connectivity index (χ3n) is 3.68. The van der Waals surface area contributed by atoms with Crippen LogP contribution < -0.4 is 5.32 Å². The SMILES string of the molecule is CCN(CC(=O)Nc1c(F)cccc1F)C(=O)C1CC1C(=O)O. The number of carbonyl (C=O) groups is 3. The van der Waals surface area contributed by atoms with Crippen molar-refractivity contribution in [3.8, 4) is 0 Å². The van der Waals surface area contributed by atoms with Gasteiger partial charge in [0.2, 0.25) is 11.8 Å². The highest BCUT2D eigenvalue weighted by atomic mass is 19.1. The van der Waals surface area contributed by atoms with E-state index in [1.165, 1.54) is 11.0 Å². The molecule has 2 atom stereocenters. The van der Waals surface area contributed by atoms with Gasteiger partial charge in [-0.3, -0.25) is 14.4 Å². The number of amides is 2. The van der Waals surface area contributed by atoms with E-state index in [1.807, 2.05) is 0 Å². The summed E-state index contributed by atoms with van der Waals surface area (Å²) in [6.07, 6.45) is 0.244. The minimum atomic E-state index is -1.04. The molecule has 6 nitrogen and oxygen atoms in total. The standard InChI is InChI=1S/C15H16F2N2O4/c1-2-19(14(21)8-6-9(8)15(22)23)7-12(20)18-13-10(16)4-3-5-11(13)17/h3-5,8-9H,2,6-7H2,1H3,(H,18,20)(H,22,23). The molecule has 124 valence electrons. The first-order chi connectivity index (χ1) is 10.8. The van der Waals surface area contributed by atoms with Gasteiger partial charge in [0.15, 0.2) is 0 Å². The molecule has 1 aliphatic rings. The molecule has 0 bridgehead atoms. The fraction of sp³-hybridized carbons (Fsp3) is 0.400. The van der Waals surface area contributed by atoms with Crippen molar-refractivity contribution in [3.05, 3.63) is 29.8 Å². The summed E-state index contributed by atoms with van der Waals surface area (Å²) >= 11 is 0. The van der Waals surface area contributed by atoms with Gasteiger partial charge in [0, 0.05) is 6.54 Å². The first-order valence-electron chi connectivity index (χ1n) is 7.10. The molecule has 0 spiro atoms. The molecule has 2 unspecified atom stereocenters. The van der Waals surface area contributed by atoms with E-state index in [0.717, 1.165) is 12.1 Å². The number of aliphatic carboxylic acids is 1. The Kier molecular flexibility index (Phi) is 4.92. The number of nitrogens with zero attached hydrogens (tertiary/aromatic N) is 1. The number of rotatable bonds is 6. The van der Waals surface area contributed by atoms with Crippen molar-refractivity contribution in [2.45, 2.75) is 13.3 Å². The van der Waals surface area contributed by atoms with Crippen molar-refractivity contribution in [1.82, 2.24) is 4.90 Å². The highest BCUT2D eigenvalue weighted by Crippen LogP contribution is 2.40. The van der Waals surface area contributed by atoms with E-state index in [-0.39, 0.29) is 13.0 Å². The maximum Gasteiger partial charge on any atom is 0.307 e. The van der Waals surface area contributed by atoms with Crippen molar-refractivity contribution in [2.24, 2.45) is 11.8 Å². The Morgan fingerprint density at radius 2 is 1.87 bits per heavy atom. The van der Waals surface area contributed by atoms with Crippen molar-refractivity contribution in [2.75, 3.05) is 18.4 Å². The largest absolute Gasteiger partial charge is 0.481 e. The zero-order chi connectivity index (χ0) is 17.1. The Morgan fingerprint density at radius 1 is 1.26 bits per heavy atom. The number of likely N-dealkylation sites (N-methyl/N-ethyl adjacent to an activating group) is 1. The summed E-state index contributed by atoms with van der Waals surface area (Å²) in [6.45, 7) is 1.42. The molecule has 0 aliphatic heterocycles. The van der Waals surface area contributed by atoms with Gasteiger partial charge >= 0.3 is 5.97 Å². The third kappa shape index (κ3) is 3.82. The molecule has 2 rings (SSSR count). The highest BCUT2D eigenvalue weighted by molar-refractivity contribution is 5.96. The molecule has 1 fully saturated rings. The first-order valence-corrected chi connectivity index (χ1v) is 7.10. The van der Waals surface area contributed by atoms with Crippen molar-refractivity contribution >= 4 is 23.5 Å². The molecule has 0 aromatic heterocycles. The van der Waals surface area contributed by atoms with E-state index in [2.05, 4.69) is 5.32 Å². The number of para-hydroxylation sites is 1. The van der Waals surface area contributed by atoms with Gasteiger partial charge in [0.1, 0.15) is 17.3 Å². The zero-order valence-electron chi connectivity index (χ0n) is 12.4. The predicted octanol–water partition coefficient (Wildman–Crippen LogP) is 1.47. The molecule has 23 heavy (non-hydrogen) atoms. The molecule has 0 radical (unpaired) electrons. The van der Waals surface area contributed by atoms with Crippen molar-refractivity contribution in [1.29, 1.82) is 0 Å². The molecule has 2 amide bonds. The van der Waals surface area contributed by atoms with E-state index in [9.17, 15) is 23.2 Å². The van der Waals surface area contributed by atoms with Gasteiger partial charge in [-0.05, 0) is 25.5 Å². The second-order valence-electron chi connectivity index (χ2n) is 5.28. The van der Waals surface area contributed by atoms with E-state index in [1.54, 1.807) is 6.92 Å². The van der Waals surface area contributed by atoms with E-state index >= 15 is 0 Å². The summed E-state index contributed by atoms with van der Waals surface area (Å²) in [7, 11) is 0. The van der Waals surface area contributed by atoms with Gasteiger partial charge < -0.3 is 15.3 Å². The number of hydrogen-bond acceptors (Lipinski definition) is 3. The predicted molar refractivity (Wildman–Crippen MR) is 76.5 cm³/mol. The number of benzene rings is 1. The van der Waals surface area contributed by atoms with Crippen LogP contribution in [-0.4, -0.2) is 40.9 Å². The van der Waals surface area contributed by atoms with E-state index in [0.29, 0.717) is 0 Å². The number of carbonyl (C=O) groups excluding carboxylic acids is 2. The number of halogens is 2. The summed E-state index contributed by atoms with van der Waals surface area (Å²) < 4.78 is 26.9. The van der Waals surface area contributed by atoms with Gasteiger partial charge in [-0.15, -0.1) is 0 Å². The topological polar surface area (TPSA) is 86.7 Å². The lowest BCUT2D eigenvalue weighted by atomic mass is 10.2. The van der Waals surface area contributed by atoms with Crippen LogP contribution in [0.25, 0.3) is 0 Å². The Bertz CT molecular complexity index is 630. The Morgan fingerprint density at radius 3 is 2.35 bits per heavy atom. The lowest BCUT2D eigenvalue weighted by Crippen LogP contribution is -2.39. The molecular formula is C15H16F2N2O4. The summed E-state index contributed by atoms with van der Waals surface area (Å²) in [5.74, 6) is -5.42. The third-order valence-corrected chi connectivity index (χ3v) is 3.68. The number of hydrogen-bond donors (Lipinski definition) is 2. The maximum absolute atomic E-state index is 13.5. The smallest absolute Gasteiger partial charge is 0.307 e. The Hall–Kier alpha value is -2.51. The lowest BCUT2D eigenvalue weighted by Gasteiger charge is -2.20. The highest BCUT2D eigenvalue weighted by Gasteiger charge is 2.49. The van der Waals surface area contributed by atoms with Gasteiger partial charge in [-0.1, -0.05) is 6.07 Å². The Balaban J connectivity index is 1.98. The maximum atomic E-state index is 13.5. The fourth-order valence-electron chi connectivity index (χ4n) is 2.29. The average molecular weight is 326 g/mol. The normalized spacial score (nSPS) is 19.1. The second-order valence-corrected chi connectivity index (χ2v) is 5.28. The van der Waals surface area contributed by atoms with Gasteiger partial charge in [-0.25, -0.2) is 8.78 Å². The average Bonchev–Trinajstić information content (AvgIpc) is 3.28. The van der Waals surface area contributed by atoms with E-state index in [4.69, 9.17) is 5.11 Å². The van der Waals surface area contributed by atoms with Crippen LogP contribution in [0.2, 0.25) is 0 Å².